The molecule has 1 saturated heterocycles. The second-order valence-corrected chi connectivity index (χ2v) is 8.92. The summed E-state index contributed by atoms with van der Waals surface area (Å²) < 4.78 is 52.0. The third-order valence-electron chi connectivity index (χ3n) is 5.03. The first-order chi connectivity index (χ1) is 15.4. The van der Waals surface area contributed by atoms with Crippen molar-refractivity contribution in [2.45, 2.75) is 11.0 Å². The fraction of sp³-hybridized carbons (Fsp3) is 0.174. The molecular formula is C23H21FN2O5S. The number of anilines is 1. The van der Waals surface area contributed by atoms with Crippen LogP contribution in [0.2, 0.25) is 0 Å². The molecule has 0 aliphatic carbocycles. The third-order valence-corrected chi connectivity index (χ3v) is 6.41. The number of hydrogen-bond acceptors (Lipinski definition) is 6. The van der Waals surface area contributed by atoms with E-state index in [0.29, 0.717) is 18.8 Å². The molecule has 0 unspecified atom stereocenters. The Balaban J connectivity index is 1.57. The maximum absolute atomic E-state index is 13.1. The molecule has 0 spiro atoms. The molecule has 0 saturated carbocycles. The lowest BCUT2D eigenvalue weighted by Crippen LogP contribution is -2.50. The molecule has 1 aliphatic rings. The minimum atomic E-state index is -3.98. The van der Waals surface area contributed by atoms with Crippen molar-refractivity contribution in [2.24, 2.45) is 0 Å². The number of benzene rings is 3. The van der Waals surface area contributed by atoms with Crippen molar-refractivity contribution in [1.29, 1.82) is 0 Å². The Hall–Kier alpha value is -3.43. The Kier molecular flexibility index (Phi) is 6.11. The van der Waals surface area contributed by atoms with Crippen molar-refractivity contribution in [2.75, 3.05) is 24.9 Å². The zero-order chi connectivity index (χ0) is 22.7. The molecule has 3 aromatic carbocycles. The molecule has 0 atom stereocenters. The Bertz CT molecular complexity index is 1220. The van der Waals surface area contributed by atoms with Gasteiger partial charge in [-0.15, -0.1) is 0 Å². The Morgan fingerprint density at radius 2 is 1.62 bits per heavy atom. The number of halogens is 1. The SMILES string of the molecule is COC(=O)c1cc(OC2CNC2)ccc1NS(=O)(=O)c1ccc(-c2ccc(F)cc2)cc1. The van der Waals surface area contributed by atoms with Gasteiger partial charge in [0.05, 0.1) is 23.3 Å². The molecular weight excluding hydrogens is 435 g/mol. The fourth-order valence-electron chi connectivity index (χ4n) is 3.18. The molecule has 0 bridgehead atoms. The van der Waals surface area contributed by atoms with E-state index in [0.717, 1.165) is 11.1 Å². The van der Waals surface area contributed by atoms with Crippen molar-refractivity contribution >= 4 is 21.7 Å². The van der Waals surface area contributed by atoms with Gasteiger partial charge >= 0.3 is 5.97 Å². The van der Waals surface area contributed by atoms with Gasteiger partial charge in [-0.2, -0.15) is 0 Å². The summed E-state index contributed by atoms with van der Waals surface area (Å²) in [5, 5.41) is 3.08. The van der Waals surface area contributed by atoms with Crippen LogP contribution >= 0.6 is 0 Å². The first-order valence-corrected chi connectivity index (χ1v) is 11.3. The molecule has 0 aromatic heterocycles. The van der Waals surface area contributed by atoms with Gasteiger partial charge in [0.25, 0.3) is 10.0 Å². The van der Waals surface area contributed by atoms with Gasteiger partial charge in [-0.3, -0.25) is 4.72 Å². The van der Waals surface area contributed by atoms with Crippen LogP contribution in [0.5, 0.6) is 5.75 Å². The molecule has 1 fully saturated rings. The van der Waals surface area contributed by atoms with Crippen LogP contribution in [0.1, 0.15) is 10.4 Å². The Morgan fingerprint density at radius 1 is 1.00 bits per heavy atom. The maximum Gasteiger partial charge on any atom is 0.340 e. The highest BCUT2D eigenvalue weighted by Gasteiger charge is 2.22. The summed E-state index contributed by atoms with van der Waals surface area (Å²) in [6, 6.07) is 16.6. The number of rotatable bonds is 7. The summed E-state index contributed by atoms with van der Waals surface area (Å²) in [5.41, 5.74) is 1.63. The lowest BCUT2D eigenvalue weighted by Gasteiger charge is -2.28. The highest BCUT2D eigenvalue weighted by molar-refractivity contribution is 7.92. The number of methoxy groups -OCH3 is 1. The third kappa shape index (κ3) is 4.74. The van der Waals surface area contributed by atoms with Crippen molar-refractivity contribution < 1.29 is 27.1 Å². The highest BCUT2D eigenvalue weighted by Crippen LogP contribution is 2.28. The first-order valence-electron chi connectivity index (χ1n) is 9.84. The molecule has 4 rings (SSSR count). The molecule has 9 heteroatoms. The summed E-state index contributed by atoms with van der Waals surface area (Å²) in [4.78, 5) is 12.3. The second kappa shape index (κ2) is 8.97. The molecule has 1 aliphatic heterocycles. The summed E-state index contributed by atoms with van der Waals surface area (Å²) in [7, 11) is -2.76. The predicted molar refractivity (Wildman–Crippen MR) is 118 cm³/mol. The number of nitrogens with one attached hydrogen (secondary N) is 2. The summed E-state index contributed by atoms with van der Waals surface area (Å²) in [6.45, 7) is 1.41. The van der Waals surface area contributed by atoms with Crippen LogP contribution in [-0.4, -0.2) is 40.7 Å². The minimum absolute atomic E-state index is 0.00246. The van der Waals surface area contributed by atoms with Gasteiger partial charge < -0.3 is 14.8 Å². The highest BCUT2D eigenvalue weighted by atomic mass is 32.2. The monoisotopic (exact) mass is 456 g/mol. The molecule has 1 heterocycles. The molecule has 32 heavy (non-hydrogen) atoms. The van der Waals surface area contributed by atoms with E-state index >= 15 is 0 Å². The largest absolute Gasteiger partial charge is 0.488 e. The average molecular weight is 456 g/mol. The van der Waals surface area contributed by atoms with E-state index in [4.69, 9.17) is 9.47 Å². The Morgan fingerprint density at radius 3 is 2.19 bits per heavy atom. The molecule has 0 radical (unpaired) electrons. The van der Waals surface area contributed by atoms with Crippen molar-refractivity contribution in [3.8, 4) is 16.9 Å². The van der Waals surface area contributed by atoms with Crippen LogP contribution in [0.15, 0.2) is 71.6 Å². The zero-order valence-corrected chi connectivity index (χ0v) is 18.0. The fourth-order valence-corrected chi connectivity index (χ4v) is 4.25. The second-order valence-electron chi connectivity index (χ2n) is 7.23. The molecule has 2 N–H and O–H groups in total. The number of ether oxygens (including phenoxy) is 2. The number of carbonyl (C=O) groups is 1. The predicted octanol–water partition coefficient (Wildman–Crippen LogP) is 3.43. The first kappa shape index (κ1) is 21.8. The number of sulfonamides is 1. The van der Waals surface area contributed by atoms with Crippen LogP contribution in [0, 0.1) is 5.82 Å². The zero-order valence-electron chi connectivity index (χ0n) is 17.2. The smallest absolute Gasteiger partial charge is 0.340 e. The standard InChI is InChI=1S/C23H21FN2O5S/c1-30-23(27)21-12-18(31-19-13-25-14-19)8-11-22(21)26-32(28,29)20-9-4-16(5-10-20)15-2-6-17(24)7-3-15/h2-12,19,25-26H,13-14H2,1H3. The van der Waals surface area contributed by atoms with Crippen molar-refractivity contribution in [3.63, 3.8) is 0 Å². The van der Waals surface area contributed by atoms with Gasteiger partial charge in [0, 0.05) is 13.1 Å². The Labute approximate surface area is 185 Å². The minimum Gasteiger partial charge on any atom is -0.488 e. The lowest BCUT2D eigenvalue weighted by atomic mass is 10.1. The van der Waals surface area contributed by atoms with Crippen LogP contribution < -0.4 is 14.8 Å². The van der Waals surface area contributed by atoms with E-state index in [9.17, 15) is 17.6 Å². The summed E-state index contributed by atoms with van der Waals surface area (Å²) in [5.74, 6) is -0.589. The quantitative estimate of drug-likeness (QED) is 0.529. The van der Waals surface area contributed by atoms with Gasteiger partial charge in [-0.25, -0.2) is 17.6 Å². The summed E-state index contributed by atoms with van der Waals surface area (Å²) >= 11 is 0. The number of carbonyl (C=O) groups excluding carboxylic acids is 1. The van der Waals surface area contributed by atoms with E-state index in [1.54, 1.807) is 30.3 Å². The van der Waals surface area contributed by atoms with Crippen LogP contribution in [0.3, 0.4) is 0 Å². The van der Waals surface area contributed by atoms with Gasteiger partial charge in [0.15, 0.2) is 0 Å². The van der Waals surface area contributed by atoms with E-state index in [-0.39, 0.29) is 28.1 Å². The van der Waals surface area contributed by atoms with E-state index in [1.165, 1.54) is 43.5 Å². The number of hydrogen-bond donors (Lipinski definition) is 2. The molecule has 166 valence electrons. The normalized spacial score (nSPS) is 13.8. The van der Waals surface area contributed by atoms with Crippen LogP contribution in [0.25, 0.3) is 11.1 Å². The van der Waals surface area contributed by atoms with E-state index in [1.807, 2.05) is 0 Å². The molecule has 3 aromatic rings. The van der Waals surface area contributed by atoms with Gasteiger partial charge in [-0.05, 0) is 53.6 Å². The van der Waals surface area contributed by atoms with E-state index in [2.05, 4.69) is 10.0 Å². The molecule has 7 nitrogen and oxygen atoms in total. The lowest BCUT2D eigenvalue weighted by molar-refractivity contribution is 0.0600. The van der Waals surface area contributed by atoms with Gasteiger partial charge in [0.1, 0.15) is 17.7 Å². The van der Waals surface area contributed by atoms with Gasteiger partial charge in [-0.1, -0.05) is 24.3 Å². The van der Waals surface area contributed by atoms with Crippen molar-refractivity contribution in [1.82, 2.24) is 5.32 Å². The van der Waals surface area contributed by atoms with Gasteiger partial charge in [0.2, 0.25) is 0 Å². The topological polar surface area (TPSA) is 93.7 Å². The number of esters is 1. The van der Waals surface area contributed by atoms with Crippen LogP contribution in [0.4, 0.5) is 10.1 Å². The summed E-state index contributed by atoms with van der Waals surface area (Å²) in [6.07, 6.45) is 0.00246. The molecule has 0 amide bonds. The average Bonchev–Trinajstić information content (AvgIpc) is 2.77. The van der Waals surface area contributed by atoms with Crippen LogP contribution in [-0.2, 0) is 14.8 Å². The van der Waals surface area contributed by atoms with Crippen molar-refractivity contribution in [3.05, 3.63) is 78.1 Å². The van der Waals surface area contributed by atoms with E-state index < -0.39 is 16.0 Å². The maximum atomic E-state index is 13.1.